The third kappa shape index (κ3) is 8.37. The molecule has 0 amide bonds. The first-order chi connectivity index (χ1) is 17.0. The zero-order valence-corrected chi connectivity index (χ0v) is 22.0. The van der Waals surface area contributed by atoms with Gasteiger partial charge in [-0.05, 0) is 49.4 Å². The smallest absolute Gasteiger partial charge is 0.173 e. The number of hydrogen-bond donors (Lipinski definition) is 5. The summed E-state index contributed by atoms with van der Waals surface area (Å²) in [5, 5.41) is 31.4. The van der Waals surface area contributed by atoms with Gasteiger partial charge in [-0.1, -0.05) is 50.2 Å². The van der Waals surface area contributed by atoms with Gasteiger partial charge in [-0.3, -0.25) is 9.62 Å². The molecule has 0 bridgehead atoms. The SMILES string of the molecule is C=NC(=N)C(N=C(C)c1ccc(S(=O)C(C)C)cc1)=C(O)C=C(N)c1ccc(CNCC(C)O)cc1. The minimum Gasteiger partial charge on any atom is -0.505 e. The van der Waals surface area contributed by atoms with Gasteiger partial charge in [0.1, 0.15) is 11.5 Å². The van der Waals surface area contributed by atoms with Gasteiger partial charge in [-0.15, -0.1) is 0 Å². The van der Waals surface area contributed by atoms with Gasteiger partial charge in [0, 0.05) is 40.7 Å². The van der Waals surface area contributed by atoms with E-state index in [0.717, 1.165) is 16.0 Å². The lowest BCUT2D eigenvalue weighted by Crippen LogP contribution is -2.23. The predicted octanol–water partition coefficient (Wildman–Crippen LogP) is 3.93. The van der Waals surface area contributed by atoms with Crippen molar-refractivity contribution in [3.8, 4) is 0 Å². The molecule has 0 saturated carbocycles. The molecule has 36 heavy (non-hydrogen) atoms. The van der Waals surface area contributed by atoms with Gasteiger partial charge < -0.3 is 21.3 Å². The standard InChI is InChI=1S/C27H35N5O3S/c1-17(2)36(35)23-12-10-21(11-13-23)19(4)32-26(27(29)30-5)25(34)14-24(28)22-8-6-20(7-9-22)16-31-15-18(3)33/h6-14,17-18,29,31,33-34H,5,15-16,28H2,1-4H3. The first kappa shape index (κ1) is 28.8. The largest absolute Gasteiger partial charge is 0.505 e. The van der Waals surface area contributed by atoms with E-state index in [4.69, 9.17) is 11.1 Å². The summed E-state index contributed by atoms with van der Waals surface area (Å²) >= 11 is 0. The molecule has 2 aromatic rings. The molecule has 0 aliphatic heterocycles. The number of rotatable bonds is 11. The monoisotopic (exact) mass is 509 g/mol. The van der Waals surface area contributed by atoms with Gasteiger partial charge in [-0.2, -0.15) is 0 Å². The second-order valence-electron chi connectivity index (χ2n) is 8.58. The van der Waals surface area contributed by atoms with Crippen molar-refractivity contribution < 1.29 is 14.4 Å². The second kappa shape index (κ2) is 13.6. The van der Waals surface area contributed by atoms with Gasteiger partial charge in [-0.25, -0.2) is 9.98 Å². The summed E-state index contributed by atoms with van der Waals surface area (Å²) in [6.07, 6.45) is 0.915. The van der Waals surface area contributed by atoms with E-state index in [9.17, 15) is 14.4 Å². The van der Waals surface area contributed by atoms with Crippen molar-refractivity contribution >= 4 is 34.8 Å². The minimum atomic E-state index is -1.10. The van der Waals surface area contributed by atoms with Crippen molar-refractivity contribution in [3.63, 3.8) is 0 Å². The molecule has 0 spiro atoms. The van der Waals surface area contributed by atoms with Crippen LogP contribution >= 0.6 is 0 Å². The summed E-state index contributed by atoms with van der Waals surface area (Å²) in [6, 6.07) is 14.6. The first-order valence-corrected chi connectivity index (χ1v) is 12.7. The topological polar surface area (TPSA) is 144 Å². The first-order valence-electron chi connectivity index (χ1n) is 11.5. The van der Waals surface area contributed by atoms with E-state index in [0.29, 0.717) is 30.1 Å². The van der Waals surface area contributed by atoms with Gasteiger partial charge in [0.2, 0.25) is 0 Å². The molecule has 9 heteroatoms. The van der Waals surface area contributed by atoms with E-state index in [1.807, 2.05) is 38.1 Å². The Hall–Kier alpha value is -3.40. The molecule has 0 radical (unpaired) electrons. The highest BCUT2D eigenvalue weighted by molar-refractivity contribution is 7.85. The molecule has 2 unspecified atom stereocenters. The number of nitrogens with two attached hydrogens (primary N) is 1. The van der Waals surface area contributed by atoms with Crippen LogP contribution in [0.4, 0.5) is 0 Å². The summed E-state index contributed by atoms with van der Waals surface area (Å²) < 4.78 is 12.3. The number of nitrogens with one attached hydrogen (secondary N) is 2. The van der Waals surface area contributed by atoms with E-state index in [1.54, 1.807) is 38.1 Å². The summed E-state index contributed by atoms with van der Waals surface area (Å²) in [6.45, 7) is 11.7. The third-order valence-corrected chi connectivity index (χ3v) is 6.78. The molecule has 0 aliphatic rings. The van der Waals surface area contributed by atoms with Crippen LogP contribution in [0.25, 0.3) is 5.70 Å². The highest BCUT2D eigenvalue weighted by Crippen LogP contribution is 2.18. The van der Waals surface area contributed by atoms with Crippen molar-refractivity contribution in [2.24, 2.45) is 15.7 Å². The molecule has 0 heterocycles. The number of nitrogens with zero attached hydrogens (tertiary/aromatic N) is 2. The van der Waals surface area contributed by atoms with Crippen LogP contribution in [0.1, 0.15) is 44.4 Å². The van der Waals surface area contributed by atoms with Crippen LogP contribution in [0.15, 0.2) is 80.9 Å². The van der Waals surface area contributed by atoms with Crippen molar-refractivity contribution in [1.82, 2.24) is 5.32 Å². The fourth-order valence-electron chi connectivity index (χ4n) is 3.18. The Kier molecular flexibility index (Phi) is 10.9. The lowest BCUT2D eigenvalue weighted by atomic mass is 10.1. The van der Waals surface area contributed by atoms with E-state index < -0.39 is 16.9 Å². The van der Waals surface area contributed by atoms with Crippen LogP contribution < -0.4 is 11.1 Å². The lowest BCUT2D eigenvalue weighted by molar-refractivity contribution is 0.191. The molecular weight excluding hydrogens is 474 g/mol. The van der Waals surface area contributed by atoms with Gasteiger partial charge in [0.15, 0.2) is 5.84 Å². The maximum atomic E-state index is 12.3. The van der Waals surface area contributed by atoms with Gasteiger partial charge in [0.05, 0.1) is 16.9 Å². The molecule has 0 fully saturated rings. The summed E-state index contributed by atoms with van der Waals surface area (Å²) in [5.74, 6) is -0.613. The zero-order chi connectivity index (χ0) is 26.8. The van der Waals surface area contributed by atoms with E-state index >= 15 is 0 Å². The Morgan fingerprint density at radius 2 is 1.72 bits per heavy atom. The van der Waals surface area contributed by atoms with Crippen LogP contribution in [0, 0.1) is 5.41 Å². The number of allylic oxidation sites excluding steroid dienone is 1. The van der Waals surface area contributed by atoms with E-state index in [2.05, 4.69) is 22.0 Å². The molecule has 0 saturated heterocycles. The Labute approximate surface area is 215 Å². The van der Waals surface area contributed by atoms with Gasteiger partial charge in [0.25, 0.3) is 0 Å². The van der Waals surface area contributed by atoms with Crippen LogP contribution in [-0.2, 0) is 17.3 Å². The Balaban J connectivity index is 2.30. The highest BCUT2D eigenvalue weighted by Gasteiger charge is 2.12. The average molecular weight is 510 g/mol. The lowest BCUT2D eigenvalue weighted by Gasteiger charge is -2.09. The molecule has 0 aliphatic carbocycles. The number of aliphatic hydroxyl groups is 2. The average Bonchev–Trinajstić information content (AvgIpc) is 2.86. The predicted molar refractivity (Wildman–Crippen MR) is 149 cm³/mol. The molecule has 6 N–H and O–H groups in total. The maximum absolute atomic E-state index is 12.3. The molecule has 2 aromatic carbocycles. The maximum Gasteiger partial charge on any atom is 0.173 e. The Morgan fingerprint density at radius 3 is 2.25 bits per heavy atom. The van der Waals surface area contributed by atoms with Crippen molar-refractivity contribution in [2.45, 2.75) is 50.5 Å². The number of benzene rings is 2. The fourth-order valence-corrected chi connectivity index (χ4v) is 4.13. The minimum absolute atomic E-state index is 0.0106. The molecular formula is C27H35N5O3S. The van der Waals surface area contributed by atoms with Crippen LogP contribution in [0.2, 0.25) is 0 Å². The van der Waals surface area contributed by atoms with Gasteiger partial charge >= 0.3 is 0 Å². The molecule has 2 rings (SSSR count). The Bertz CT molecular complexity index is 1180. The van der Waals surface area contributed by atoms with Crippen LogP contribution in [0.3, 0.4) is 0 Å². The number of amidine groups is 1. The van der Waals surface area contributed by atoms with Crippen molar-refractivity contribution in [2.75, 3.05) is 6.54 Å². The van der Waals surface area contributed by atoms with Crippen LogP contribution in [-0.4, -0.2) is 50.6 Å². The normalized spacial score (nSPS) is 14.8. The number of aliphatic hydroxyl groups excluding tert-OH is 2. The summed E-state index contributed by atoms with van der Waals surface area (Å²) in [7, 11) is -1.10. The third-order valence-electron chi connectivity index (χ3n) is 5.19. The summed E-state index contributed by atoms with van der Waals surface area (Å²) in [5.41, 5.74) is 9.41. The number of hydrogen-bond acceptors (Lipinski definition) is 7. The van der Waals surface area contributed by atoms with Crippen molar-refractivity contribution in [3.05, 3.63) is 82.8 Å². The Morgan fingerprint density at radius 1 is 1.14 bits per heavy atom. The quantitative estimate of drug-likeness (QED) is 0.135. The zero-order valence-electron chi connectivity index (χ0n) is 21.2. The number of aliphatic imine (C=N–C) groups is 2. The molecule has 0 aromatic heterocycles. The van der Waals surface area contributed by atoms with E-state index in [-0.39, 0.29) is 22.5 Å². The molecule has 192 valence electrons. The summed E-state index contributed by atoms with van der Waals surface area (Å²) in [4.78, 5) is 8.76. The molecule has 2 atom stereocenters. The van der Waals surface area contributed by atoms with Crippen LogP contribution in [0.5, 0.6) is 0 Å². The highest BCUT2D eigenvalue weighted by atomic mass is 32.2. The fraction of sp³-hybridized carbons (Fsp3) is 0.296. The molecule has 8 nitrogen and oxygen atoms in total. The van der Waals surface area contributed by atoms with Crippen molar-refractivity contribution in [1.29, 1.82) is 5.41 Å². The second-order valence-corrected chi connectivity index (χ2v) is 10.6. The van der Waals surface area contributed by atoms with E-state index in [1.165, 1.54) is 6.08 Å².